The molecule has 3 heteroatoms. The third-order valence-corrected chi connectivity index (χ3v) is 4.72. The summed E-state index contributed by atoms with van der Waals surface area (Å²) in [6, 6.07) is 18.0. The van der Waals surface area contributed by atoms with Gasteiger partial charge in [0.05, 0.1) is 17.4 Å². The maximum Gasteiger partial charge on any atom is 0.0607 e. The Hall–Kier alpha value is -2.16. The molecule has 0 spiro atoms. The fourth-order valence-electron chi connectivity index (χ4n) is 3.55. The molecule has 0 radical (unpaired) electrons. The van der Waals surface area contributed by atoms with E-state index in [4.69, 9.17) is 0 Å². The molecular weight excluding hydrogens is 258 g/mol. The number of anilines is 3. The molecule has 0 saturated carbocycles. The normalized spacial score (nSPS) is 20.5. The summed E-state index contributed by atoms with van der Waals surface area (Å²) >= 11 is 0. The Bertz CT molecular complexity index is 652. The van der Waals surface area contributed by atoms with Crippen molar-refractivity contribution in [3.05, 3.63) is 54.1 Å². The Balaban J connectivity index is 1.65. The number of fused-ring (bicyclic) bond motifs is 2. The molecule has 2 heterocycles. The zero-order valence-corrected chi connectivity index (χ0v) is 12.4. The zero-order valence-electron chi connectivity index (χ0n) is 12.4. The number of likely N-dealkylation sites (N-methyl/N-ethyl adjacent to an activating group) is 1. The summed E-state index contributed by atoms with van der Waals surface area (Å²) in [5.74, 6) is 0. The van der Waals surface area contributed by atoms with Gasteiger partial charge in [0.25, 0.3) is 0 Å². The SMILES string of the molecule is CN1CCN(C2CNc3ccccc3C2)c2ccccc21. The van der Waals surface area contributed by atoms with Crippen LogP contribution < -0.4 is 15.1 Å². The molecule has 21 heavy (non-hydrogen) atoms. The van der Waals surface area contributed by atoms with Crippen LogP contribution >= 0.6 is 0 Å². The molecular formula is C18H21N3. The van der Waals surface area contributed by atoms with E-state index in [1.54, 1.807) is 0 Å². The van der Waals surface area contributed by atoms with Crippen LogP contribution in [0.4, 0.5) is 17.1 Å². The van der Waals surface area contributed by atoms with Gasteiger partial charge in [0, 0.05) is 32.4 Å². The Labute approximate surface area is 126 Å². The van der Waals surface area contributed by atoms with Gasteiger partial charge in [0.15, 0.2) is 0 Å². The van der Waals surface area contributed by atoms with E-state index in [0.29, 0.717) is 6.04 Å². The summed E-state index contributed by atoms with van der Waals surface area (Å²) < 4.78 is 0. The number of benzene rings is 2. The van der Waals surface area contributed by atoms with Gasteiger partial charge in [-0.2, -0.15) is 0 Å². The average Bonchev–Trinajstić information content (AvgIpc) is 2.55. The van der Waals surface area contributed by atoms with Crippen molar-refractivity contribution in [1.82, 2.24) is 0 Å². The molecule has 0 amide bonds. The largest absolute Gasteiger partial charge is 0.383 e. The molecule has 1 unspecified atom stereocenters. The summed E-state index contributed by atoms with van der Waals surface area (Å²) in [5.41, 5.74) is 5.46. The van der Waals surface area contributed by atoms with Crippen LogP contribution in [0.5, 0.6) is 0 Å². The van der Waals surface area contributed by atoms with Gasteiger partial charge >= 0.3 is 0 Å². The van der Waals surface area contributed by atoms with E-state index in [1.165, 1.54) is 22.6 Å². The zero-order chi connectivity index (χ0) is 14.2. The first-order valence-electron chi connectivity index (χ1n) is 7.71. The standard InChI is InChI=1S/C18H21N3/c1-20-10-11-21(18-9-5-4-8-17(18)20)15-12-14-6-2-3-7-16(14)19-13-15/h2-9,15,19H,10-13H2,1H3. The lowest BCUT2D eigenvalue weighted by atomic mass is 9.97. The van der Waals surface area contributed by atoms with Crippen molar-refractivity contribution in [2.45, 2.75) is 12.5 Å². The summed E-state index contributed by atoms with van der Waals surface area (Å²) in [6.07, 6.45) is 1.13. The monoisotopic (exact) mass is 279 g/mol. The molecule has 0 aliphatic carbocycles. The van der Waals surface area contributed by atoms with E-state index in [9.17, 15) is 0 Å². The molecule has 3 nitrogen and oxygen atoms in total. The second kappa shape index (κ2) is 4.99. The molecule has 0 bridgehead atoms. The van der Waals surface area contributed by atoms with Crippen LogP contribution in [-0.4, -0.2) is 32.7 Å². The van der Waals surface area contributed by atoms with Gasteiger partial charge in [-0.1, -0.05) is 30.3 Å². The highest BCUT2D eigenvalue weighted by molar-refractivity contribution is 5.74. The minimum absolute atomic E-state index is 0.537. The summed E-state index contributed by atoms with van der Waals surface area (Å²) in [7, 11) is 2.19. The first-order chi connectivity index (χ1) is 10.3. The molecule has 2 aromatic rings. The number of nitrogens with zero attached hydrogens (tertiary/aromatic N) is 2. The molecule has 4 rings (SSSR count). The molecule has 1 atom stereocenters. The third kappa shape index (κ3) is 2.13. The van der Waals surface area contributed by atoms with E-state index < -0.39 is 0 Å². The van der Waals surface area contributed by atoms with Gasteiger partial charge in [0.1, 0.15) is 0 Å². The van der Waals surface area contributed by atoms with E-state index in [-0.39, 0.29) is 0 Å². The lowest BCUT2D eigenvalue weighted by Crippen LogP contribution is -2.49. The van der Waals surface area contributed by atoms with Crippen LogP contribution in [0.2, 0.25) is 0 Å². The molecule has 2 aromatic carbocycles. The van der Waals surface area contributed by atoms with Gasteiger partial charge in [0.2, 0.25) is 0 Å². The maximum atomic E-state index is 3.60. The fourth-order valence-corrected chi connectivity index (χ4v) is 3.55. The van der Waals surface area contributed by atoms with E-state index >= 15 is 0 Å². The van der Waals surface area contributed by atoms with Crippen LogP contribution in [0.3, 0.4) is 0 Å². The molecule has 0 saturated heterocycles. The van der Waals surface area contributed by atoms with Crippen LogP contribution in [0, 0.1) is 0 Å². The van der Waals surface area contributed by atoms with Crippen molar-refractivity contribution in [2.24, 2.45) is 0 Å². The second-order valence-electron chi connectivity index (χ2n) is 6.00. The topological polar surface area (TPSA) is 18.5 Å². The quantitative estimate of drug-likeness (QED) is 0.866. The predicted molar refractivity (Wildman–Crippen MR) is 89.5 cm³/mol. The Kier molecular flexibility index (Phi) is 2.99. The van der Waals surface area contributed by atoms with Gasteiger partial charge in [-0.05, 0) is 30.2 Å². The minimum atomic E-state index is 0.537. The van der Waals surface area contributed by atoms with Gasteiger partial charge in [-0.3, -0.25) is 0 Å². The van der Waals surface area contributed by atoms with Crippen molar-refractivity contribution in [3.63, 3.8) is 0 Å². The van der Waals surface area contributed by atoms with E-state index in [2.05, 4.69) is 70.7 Å². The first-order valence-corrected chi connectivity index (χ1v) is 7.71. The maximum absolute atomic E-state index is 3.60. The van der Waals surface area contributed by atoms with E-state index in [1.807, 2.05) is 0 Å². The van der Waals surface area contributed by atoms with Crippen molar-refractivity contribution in [3.8, 4) is 0 Å². The van der Waals surface area contributed by atoms with Crippen molar-refractivity contribution >= 4 is 17.1 Å². The summed E-state index contributed by atoms with van der Waals surface area (Å²) in [5, 5.41) is 3.60. The highest BCUT2D eigenvalue weighted by Gasteiger charge is 2.28. The first kappa shape index (κ1) is 12.6. The van der Waals surface area contributed by atoms with E-state index in [0.717, 1.165) is 26.1 Å². The molecule has 108 valence electrons. The van der Waals surface area contributed by atoms with Gasteiger partial charge in [-0.25, -0.2) is 0 Å². The van der Waals surface area contributed by atoms with Crippen molar-refractivity contribution < 1.29 is 0 Å². The lowest BCUT2D eigenvalue weighted by Gasteiger charge is -2.43. The lowest BCUT2D eigenvalue weighted by molar-refractivity contribution is 0.582. The van der Waals surface area contributed by atoms with Gasteiger partial charge < -0.3 is 15.1 Å². The molecule has 1 N–H and O–H groups in total. The number of nitrogens with one attached hydrogen (secondary N) is 1. The third-order valence-electron chi connectivity index (χ3n) is 4.72. The van der Waals surface area contributed by atoms with Crippen molar-refractivity contribution in [2.75, 3.05) is 41.8 Å². The number of para-hydroxylation sites is 3. The number of hydrogen-bond donors (Lipinski definition) is 1. The number of hydrogen-bond acceptors (Lipinski definition) is 3. The fraction of sp³-hybridized carbons (Fsp3) is 0.333. The summed E-state index contributed by atoms with van der Waals surface area (Å²) in [6.45, 7) is 3.21. The molecule has 2 aliphatic heterocycles. The van der Waals surface area contributed by atoms with Crippen LogP contribution in [0.1, 0.15) is 5.56 Å². The van der Waals surface area contributed by atoms with Crippen LogP contribution in [-0.2, 0) is 6.42 Å². The number of rotatable bonds is 1. The Morgan fingerprint density at radius 1 is 0.952 bits per heavy atom. The average molecular weight is 279 g/mol. The molecule has 0 aromatic heterocycles. The highest BCUT2D eigenvalue weighted by atomic mass is 15.3. The van der Waals surface area contributed by atoms with Crippen LogP contribution in [0.25, 0.3) is 0 Å². The molecule has 0 fully saturated rings. The van der Waals surface area contributed by atoms with Crippen LogP contribution in [0.15, 0.2) is 48.5 Å². The molecule has 2 aliphatic rings. The second-order valence-corrected chi connectivity index (χ2v) is 6.00. The minimum Gasteiger partial charge on any atom is -0.383 e. The Morgan fingerprint density at radius 2 is 1.71 bits per heavy atom. The highest BCUT2D eigenvalue weighted by Crippen LogP contribution is 2.35. The summed E-state index contributed by atoms with van der Waals surface area (Å²) in [4.78, 5) is 4.94. The van der Waals surface area contributed by atoms with Crippen molar-refractivity contribution in [1.29, 1.82) is 0 Å². The smallest absolute Gasteiger partial charge is 0.0607 e. The van der Waals surface area contributed by atoms with Gasteiger partial charge in [-0.15, -0.1) is 0 Å². The Morgan fingerprint density at radius 3 is 2.62 bits per heavy atom. The predicted octanol–water partition coefficient (Wildman–Crippen LogP) is 2.98.